The van der Waals surface area contributed by atoms with Crippen LogP contribution in [0, 0.1) is 5.41 Å². The number of aliphatic carboxylic acids is 1. The van der Waals surface area contributed by atoms with Crippen molar-refractivity contribution in [2.75, 3.05) is 7.05 Å². The number of allylic oxidation sites excluding steroid dienone is 1. The van der Waals surface area contributed by atoms with Crippen molar-refractivity contribution < 1.29 is 14.7 Å². The van der Waals surface area contributed by atoms with E-state index in [0.29, 0.717) is 0 Å². The number of hydrogen-bond acceptors (Lipinski definition) is 2. The fourth-order valence-electron chi connectivity index (χ4n) is 1.55. The zero-order valence-corrected chi connectivity index (χ0v) is 10.5. The fraction of sp³-hybridized carbons (Fsp3) is 0.286. The number of hydrogen-bond donors (Lipinski definition) is 2. The second-order valence-electron chi connectivity index (χ2n) is 4.23. The molecule has 0 saturated carbocycles. The summed E-state index contributed by atoms with van der Waals surface area (Å²) in [7, 11) is 1.43. The highest BCUT2D eigenvalue weighted by Gasteiger charge is 2.39. The van der Waals surface area contributed by atoms with Gasteiger partial charge in [-0.3, -0.25) is 9.59 Å². The molecule has 0 fully saturated rings. The Kier molecular flexibility index (Phi) is 4.66. The third kappa shape index (κ3) is 3.20. The number of carbonyl (C=O) groups is 2. The quantitative estimate of drug-likeness (QED) is 0.781. The molecule has 2 N–H and O–H groups in total. The van der Waals surface area contributed by atoms with Crippen LogP contribution in [0.25, 0.3) is 6.08 Å². The van der Waals surface area contributed by atoms with E-state index in [0.717, 1.165) is 5.56 Å². The number of carbonyl (C=O) groups excluding carboxylic acids is 1. The Balaban J connectivity index is 2.78. The molecule has 0 aliphatic heterocycles. The molecule has 0 aromatic heterocycles. The van der Waals surface area contributed by atoms with Crippen LogP contribution < -0.4 is 5.32 Å². The molecule has 0 aliphatic carbocycles. The summed E-state index contributed by atoms with van der Waals surface area (Å²) in [6.45, 7) is 1.42. The van der Waals surface area contributed by atoms with Crippen LogP contribution in [-0.4, -0.2) is 24.0 Å². The van der Waals surface area contributed by atoms with Gasteiger partial charge in [0.2, 0.25) is 5.91 Å². The number of carboxylic acids is 1. The van der Waals surface area contributed by atoms with Crippen molar-refractivity contribution in [3.63, 3.8) is 0 Å². The molecule has 1 aromatic carbocycles. The first-order valence-corrected chi connectivity index (χ1v) is 5.68. The van der Waals surface area contributed by atoms with Crippen LogP contribution in [0.1, 0.15) is 18.9 Å². The summed E-state index contributed by atoms with van der Waals surface area (Å²) < 4.78 is 0. The van der Waals surface area contributed by atoms with Crippen molar-refractivity contribution in [2.24, 2.45) is 5.41 Å². The van der Waals surface area contributed by atoms with E-state index in [9.17, 15) is 9.59 Å². The zero-order valence-electron chi connectivity index (χ0n) is 10.5. The standard InChI is InChI=1S/C14H17NO3/c1-14(13(17)18,12(16)15-2)10-6-9-11-7-4-3-5-8-11/h3-9H,10H2,1-2H3,(H,15,16)(H,17,18)/b9-6+. The van der Waals surface area contributed by atoms with Crippen molar-refractivity contribution in [1.29, 1.82) is 0 Å². The van der Waals surface area contributed by atoms with Crippen LogP contribution in [0.5, 0.6) is 0 Å². The molecule has 0 bridgehead atoms. The molecule has 18 heavy (non-hydrogen) atoms. The van der Waals surface area contributed by atoms with Gasteiger partial charge in [-0.05, 0) is 18.9 Å². The van der Waals surface area contributed by atoms with Crippen molar-refractivity contribution in [3.05, 3.63) is 42.0 Å². The Morgan fingerprint density at radius 2 is 1.94 bits per heavy atom. The molecule has 4 heteroatoms. The third-order valence-corrected chi connectivity index (χ3v) is 2.84. The van der Waals surface area contributed by atoms with Gasteiger partial charge in [0, 0.05) is 7.05 Å². The predicted octanol–water partition coefficient (Wildman–Crippen LogP) is 1.93. The molecular weight excluding hydrogens is 230 g/mol. The monoisotopic (exact) mass is 247 g/mol. The molecule has 1 rings (SSSR count). The largest absolute Gasteiger partial charge is 0.480 e. The van der Waals surface area contributed by atoms with Gasteiger partial charge in [-0.1, -0.05) is 42.5 Å². The molecule has 1 atom stereocenters. The SMILES string of the molecule is CNC(=O)C(C)(C/C=C/c1ccccc1)C(=O)O. The minimum Gasteiger partial charge on any atom is -0.480 e. The Labute approximate surface area is 106 Å². The third-order valence-electron chi connectivity index (χ3n) is 2.84. The van der Waals surface area contributed by atoms with E-state index in [1.165, 1.54) is 14.0 Å². The minimum atomic E-state index is -1.43. The molecule has 0 saturated heterocycles. The summed E-state index contributed by atoms with van der Waals surface area (Å²) >= 11 is 0. The highest BCUT2D eigenvalue weighted by atomic mass is 16.4. The van der Waals surface area contributed by atoms with Crippen molar-refractivity contribution in [3.8, 4) is 0 Å². The van der Waals surface area contributed by atoms with E-state index in [2.05, 4.69) is 5.32 Å². The van der Waals surface area contributed by atoms with Crippen LogP contribution in [0.4, 0.5) is 0 Å². The smallest absolute Gasteiger partial charge is 0.319 e. The Morgan fingerprint density at radius 1 is 1.33 bits per heavy atom. The van der Waals surface area contributed by atoms with Crippen LogP contribution in [-0.2, 0) is 9.59 Å². The molecule has 0 radical (unpaired) electrons. The van der Waals surface area contributed by atoms with Crippen molar-refractivity contribution >= 4 is 18.0 Å². The van der Waals surface area contributed by atoms with Crippen LogP contribution in [0.15, 0.2) is 36.4 Å². The van der Waals surface area contributed by atoms with Gasteiger partial charge in [0.1, 0.15) is 5.41 Å². The van der Waals surface area contributed by atoms with Gasteiger partial charge in [0.15, 0.2) is 0 Å². The predicted molar refractivity (Wildman–Crippen MR) is 69.9 cm³/mol. The lowest BCUT2D eigenvalue weighted by molar-refractivity contribution is -0.154. The number of carboxylic acid groups (broad SMARTS) is 1. The maximum atomic E-state index is 11.6. The van der Waals surface area contributed by atoms with E-state index in [1.807, 2.05) is 36.4 Å². The number of amides is 1. The van der Waals surface area contributed by atoms with Crippen LogP contribution in [0.3, 0.4) is 0 Å². The normalized spacial score (nSPS) is 14.1. The van der Waals surface area contributed by atoms with Gasteiger partial charge < -0.3 is 10.4 Å². The molecule has 1 aromatic rings. The highest BCUT2D eigenvalue weighted by molar-refractivity contribution is 6.01. The maximum Gasteiger partial charge on any atom is 0.319 e. The van der Waals surface area contributed by atoms with Gasteiger partial charge in [-0.2, -0.15) is 0 Å². The fourth-order valence-corrected chi connectivity index (χ4v) is 1.55. The minimum absolute atomic E-state index is 0.150. The van der Waals surface area contributed by atoms with Gasteiger partial charge in [-0.15, -0.1) is 0 Å². The second kappa shape index (κ2) is 6.00. The summed E-state index contributed by atoms with van der Waals surface area (Å²) in [6.07, 6.45) is 3.67. The van der Waals surface area contributed by atoms with E-state index < -0.39 is 17.3 Å². The van der Waals surface area contributed by atoms with Crippen molar-refractivity contribution in [1.82, 2.24) is 5.32 Å². The first kappa shape index (κ1) is 14.0. The maximum absolute atomic E-state index is 11.6. The summed E-state index contributed by atoms with van der Waals surface area (Å²) in [4.78, 5) is 22.8. The number of nitrogens with one attached hydrogen (secondary N) is 1. The summed E-state index contributed by atoms with van der Waals surface area (Å²) in [5, 5.41) is 11.5. The summed E-state index contributed by atoms with van der Waals surface area (Å²) in [5.74, 6) is -1.62. The topological polar surface area (TPSA) is 66.4 Å². The molecular formula is C14H17NO3. The number of benzene rings is 1. The van der Waals surface area contributed by atoms with Gasteiger partial charge in [0.05, 0.1) is 0 Å². The molecule has 4 nitrogen and oxygen atoms in total. The lowest BCUT2D eigenvalue weighted by Gasteiger charge is -2.20. The van der Waals surface area contributed by atoms with E-state index >= 15 is 0 Å². The molecule has 0 aliphatic rings. The lowest BCUT2D eigenvalue weighted by Crippen LogP contribution is -2.42. The van der Waals surface area contributed by atoms with Gasteiger partial charge in [0.25, 0.3) is 0 Å². The van der Waals surface area contributed by atoms with Crippen LogP contribution >= 0.6 is 0 Å². The van der Waals surface area contributed by atoms with Gasteiger partial charge >= 0.3 is 5.97 Å². The molecule has 1 amide bonds. The molecule has 1 unspecified atom stereocenters. The Morgan fingerprint density at radius 3 is 2.44 bits per heavy atom. The average molecular weight is 247 g/mol. The Hall–Kier alpha value is -2.10. The lowest BCUT2D eigenvalue weighted by atomic mass is 9.85. The van der Waals surface area contributed by atoms with E-state index in [4.69, 9.17) is 5.11 Å². The van der Waals surface area contributed by atoms with E-state index in [1.54, 1.807) is 6.08 Å². The molecule has 0 heterocycles. The molecule has 0 spiro atoms. The Bertz CT molecular complexity index is 453. The summed E-state index contributed by atoms with van der Waals surface area (Å²) in [5.41, 5.74) is -0.456. The van der Waals surface area contributed by atoms with E-state index in [-0.39, 0.29) is 6.42 Å². The highest BCUT2D eigenvalue weighted by Crippen LogP contribution is 2.23. The number of rotatable bonds is 5. The van der Waals surface area contributed by atoms with Crippen molar-refractivity contribution in [2.45, 2.75) is 13.3 Å². The average Bonchev–Trinajstić information content (AvgIpc) is 2.38. The first-order chi connectivity index (χ1) is 8.50. The molecule has 96 valence electrons. The zero-order chi connectivity index (χ0) is 13.6. The first-order valence-electron chi connectivity index (χ1n) is 5.68. The van der Waals surface area contributed by atoms with Crippen LogP contribution in [0.2, 0.25) is 0 Å². The second-order valence-corrected chi connectivity index (χ2v) is 4.23. The summed E-state index contributed by atoms with van der Waals surface area (Å²) in [6, 6.07) is 9.52. The van der Waals surface area contributed by atoms with Gasteiger partial charge in [-0.25, -0.2) is 0 Å².